The molecule has 0 spiro atoms. The average molecular weight is 123 g/mol. The van der Waals surface area contributed by atoms with Gasteiger partial charge >= 0.3 is 0 Å². The molecule has 0 saturated heterocycles. The molecule has 0 N–H and O–H groups in total. The molecule has 1 rings (SSSR count). The van der Waals surface area contributed by atoms with Gasteiger partial charge < -0.3 is 0 Å². The van der Waals surface area contributed by atoms with Crippen LogP contribution in [-0.2, 0) is 0 Å². The van der Waals surface area contributed by atoms with Gasteiger partial charge in [-0.25, -0.2) is 0 Å². The van der Waals surface area contributed by atoms with Crippen LogP contribution in [0.3, 0.4) is 0 Å². The minimum Gasteiger partial charge on any atom is -0.0900 e. The Labute approximate surface area is 51.7 Å². The van der Waals surface area contributed by atoms with E-state index < -0.39 is 0 Å². The van der Waals surface area contributed by atoms with E-state index >= 15 is 0 Å². The second kappa shape index (κ2) is 2.84. The third-order valence-corrected chi connectivity index (χ3v) is 1.72. The van der Waals surface area contributed by atoms with Crippen LogP contribution in [0.25, 0.3) is 0 Å². The number of benzene rings is 1. The highest BCUT2D eigenvalue weighted by Crippen LogP contribution is 2.03. The van der Waals surface area contributed by atoms with Crippen molar-refractivity contribution in [1.29, 1.82) is 0 Å². The molecule has 0 amide bonds. The first-order valence-corrected chi connectivity index (χ1v) is 3.72. The van der Waals surface area contributed by atoms with E-state index in [1.807, 2.05) is 18.2 Å². The number of hydrogen-bond acceptors (Lipinski definition) is 0. The summed E-state index contributed by atoms with van der Waals surface area (Å²) in [6.07, 6.45) is 0. The molecule has 1 unspecified atom stereocenters. The van der Waals surface area contributed by atoms with Crippen LogP contribution in [0.5, 0.6) is 0 Å². The van der Waals surface area contributed by atoms with Gasteiger partial charge in [0.25, 0.3) is 0 Å². The maximum atomic E-state index is 3.78. The smallest absolute Gasteiger partial charge is 0.0271 e. The summed E-state index contributed by atoms with van der Waals surface area (Å²) in [6, 6.07) is 10.3. The monoisotopic (exact) mass is 123 g/mol. The van der Waals surface area contributed by atoms with Crippen LogP contribution in [0.4, 0.5) is 0 Å². The standard InChI is InChI=1S/C7H8P/c1-8-7-5-3-2-4-6-7/h2-6,8H,1H2. The summed E-state index contributed by atoms with van der Waals surface area (Å²) >= 11 is 0. The lowest BCUT2D eigenvalue weighted by atomic mass is 10.4. The van der Waals surface area contributed by atoms with Gasteiger partial charge in [-0.1, -0.05) is 38.9 Å². The first-order valence-electron chi connectivity index (χ1n) is 2.51. The first-order chi connectivity index (χ1) is 3.93. The summed E-state index contributed by atoms with van der Waals surface area (Å²) in [5, 5.41) is 1.33. The van der Waals surface area contributed by atoms with Crippen LogP contribution < -0.4 is 5.30 Å². The number of hydrogen-bond donors (Lipinski definition) is 0. The molecule has 1 atom stereocenters. The Morgan fingerprint density at radius 2 is 1.75 bits per heavy atom. The fraction of sp³-hybridized carbons (Fsp3) is 0. The topological polar surface area (TPSA) is 0 Å². The summed E-state index contributed by atoms with van der Waals surface area (Å²) in [5.41, 5.74) is 0. The van der Waals surface area contributed by atoms with Crippen molar-refractivity contribution < 1.29 is 0 Å². The van der Waals surface area contributed by atoms with Crippen molar-refractivity contribution in [2.45, 2.75) is 0 Å². The Morgan fingerprint density at radius 3 is 2.12 bits per heavy atom. The Morgan fingerprint density at radius 1 is 1.12 bits per heavy atom. The molecule has 1 radical (unpaired) electrons. The minimum atomic E-state index is 0.680. The molecule has 0 fully saturated rings. The molecule has 1 aromatic carbocycles. The van der Waals surface area contributed by atoms with E-state index in [2.05, 4.69) is 18.8 Å². The molecule has 1 aromatic rings. The number of rotatable bonds is 1. The van der Waals surface area contributed by atoms with Crippen molar-refractivity contribution in [2.75, 3.05) is 0 Å². The Balaban J connectivity index is 2.83. The largest absolute Gasteiger partial charge is 0.0900 e. The van der Waals surface area contributed by atoms with Crippen LogP contribution >= 0.6 is 8.58 Å². The van der Waals surface area contributed by atoms with E-state index in [4.69, 9.17) is 0 Å². The highest BCUT2D eigenvalue weighted by Gasteiger charge is 1.79. The van der Waals surface area contributed by atoms with Crippen LogP contribution in [0, 0.1) is 6.66 Å². The predicted molar refractivity (Wildman–Crippen MR) is 39.7 cm³/mol. The van der Waals surface area contributed by atoms with Crippen LogP contribution in [-0.4, -0.2) is 0 Å². The Hall–Kier alpha value is -0.350. The van der Waals surface area contributed by atoms with Gasteiger partial charge in [-0.2, -0.15) is 0 Å². The van der Waals surface area contributed by atoms with E-state index in [9.17, 15) is 0 Å². The summed E-state index contributed by atoms with van der Waals surface area (Å²) in [7, 11) is 0.680. The highest BCUT2D eigenvalue weighted by molar-refractivity contribution is 7.48. The van der Waals surface area contributed by atoms with E-state index in [0.717, 1.165) is 0 Å². The molecule has 0 nitrogen and oxygen atoms in total. The molecular weight excluding hydrogens is 115 g/mol. The van der Waals surface area contributed by atoms with Crippen molar-refractivity contribution in [3.05, 3.63) is 37.0 Å². The van der Waals surface area contributed by atoms with Crippen LogP contribution in [0.2, 0.25) is 0 Å². The summed E-state index contributed by atoms with van der Waals surface area (Å²) in [5.74, 6) is 0. The maximum absolute atomic E-state index is 3.78. The third kappa shape index (κ3) is 1.31. The Kier molecular flexibility index (Phi) is 2.05. The van der Waals surface area contributed by atoms with E-state index in [1.54, 1.807) is 0 Å². The lowest BCUT2D eigenvalue weighted by molar-refractivity contribution is 1.78. The van der Waals surface area contributed by atoms with Crippen molar-refractivity contribution >= 4 is 13.9 Å². The predicted octanol–water partition coefficient (Wildman–Crippen LogP) is 1.78. The van der Waals surface area contributed by atoms with E-state index in [1.165, 1.54) is 5.30 Å². The molecule has 0 bridgehead atoms. The average Bonchev–Trinajstić information content (AvgIpc) is 1.90. The molecule has 0 aliphatic carbocycles. The van der Waals surface area contributed by atoms with Gasteiger partial charge in [-0.05, 0) is 12.0 Å². The molecule has 41 valence electrons. The zero-order chi connectivity index (χ0) is 5.82. The van der Waals surface area contributed by atoms with E-state index in [0.29, 0.717) is 8.58 Å². The molecule has 0 aliphatic rings. The molecule has 8 heavy (non-hydrogen) atoms. The zero-order valence-corrected chi connectivity index (χ0v) is 5.59. The van der Waals surface area contributed by atoms with Crippen molar-refractivity contribution in [1.82, 2.24) is 0 Å². The van der Waals surface area contributed by atoms with Crippen molar-refractivity contribution in [2.24, 2.45) is 0 Å². The van der Waals surface area contributed by atoms with Crippen LogP contribution in [0.1, 0.15) is 0 Å². The normalized spacial score (nSPS) is 10.6. The van der Waals surface area contributed by atoms with Gasteiger partial charge in [0, 0.05) is 0 Å². The first kappa shape index (κ1) is 5.78. The second-order valence-electron chi connectivity index (χ2n) is 1.54. The van der Waals surface area contributed by atoms with Gasteiger partial charge in [0.1, 0.15) is 0 Å². The second-order valence-corrected chi connectivity index (χ2v) is 2.47. The van der Waals surface area contributed by atoms with Gasteiger partial charge in [-0.3, -0.25) is 0 Å². The van der Waals surface area contributed by atoms with Crippen molar-refractivity contribution in [3.63, 3.8) is 0 Å². The summed E-state index contributed by atoms with van der Waals surface area (Å²) < 4.78 is 0. The maximum Gasteiger partial charge on any atom is -0.0271 e. The highest BCUT2D eigenvalue weighted by atomic mass is 31.1. The molecule has 0 saturated carbocycles. The van der Waals surface area contributed by atoms with Gasteiger partial charge in [0.05, 0.1) is 0 Å². The molecular formula is C7H8P. The van der Waals surface area contributed by atoms with Gasteiger partial charge in [-0.15, -0.1) is 0 Å². The summed E-state index contributed by atoms with van der Waals surface area (Å²) in [6.45, 7) is 3.78. The lowest BCUT2D eigenvalue weighted by Gasteiger charge is -1.89. The van der Waals surface area contributed by atoms with E-state index in [-0.39, 0.29) is 0 Å². The van der Waals surface area contributed by atoms with Crippen molar-refractivity contribution in [3.8, 4) is 0 Å². The SMILES string of the molecule is [CH2]Pc1ccccc1. The third-order valence-electron chi connectivity index (χ3n) is 0.978. The fourth-order valence-corrected chi connectivity index (χ4v) is 0.984. The quantitative estimate of drug-likeness (QED) is 0.499. The minimum absolute atomic E-state index is 0.680. The van der Waals surface area contributed by atoms with Gasteiger partial charge in [0.2, 0.25) is 0 Å². The Bertz CT molecular complexity index is 146. The summed E-state index contributed by atoms with van der Waals surface area (Å²) in [4.78, 5) is 0. The van der Waals surface area contributed by atoms with Crippen LogP contribution in [0.15, 0.2) is 30.3 Å². The molecule has 0 aliphatic heterocycles. The molecule has 1 heteroatoms. The zero-order valence-electron chi connectivity index (χ0n) is 4.59. The fourth-order valence-electron chi connectivity index (χ4n) is 0.556. The molecule has 0 heterocycles. The molecule has 0 aromatic heterocycles. The van der Waals surface area contributed by atoms with Gasteiger partial charge in [0.15, 0.2) is 0 Å². The lowest BCUT2D eigenvalue weighted by Crippen LogP contribution is -1.86.